The minimum Gasteiger partial charge on any atom is -0.507 e. The Bertz CT molecular complexity index is 924. The van der Waals surface area contributed by atoms with E-state index >= 15 is 0 Å². The van der Waals surface area contributed by atoms with E-state index in [-0.39, 0.29) is 18.3 Å². The number of carbonyl (C=O) groups is 1. The summed E-state index contributed by atoms with van der Waals surface area (Å²) >= 11 is 0. The Kier molecular flexibility index (Phi) is 2.90. The van der Waals surface area contributed by atoms with Crippen LogP contribution in [0.15, 0.2) is 34.7 Å². The van der Waals surface area contributed by atoms with Crippen LogP contribution in [-0.4, -0.2) is 25.3 Å². The number of rotatable bonds is 3. The highest BCUT2D eigenvalue weighted by molar-refractivity contribution is 6.03. The molecule has 6 nitrogen and oxygen atoms in total. The van der Waals surface area contributed by atoms with Crippen molar-refractivity contribution in [3.63, 3.8) is 0 Å². The quantitative estimate of drug-likeness (QED) is 0.747. The van der Waals surface area contributed by atoms with Crippen molar-refractivity contribution in [1.29, 1.82) is 0 Å². The van der Waals surface area contributed by atoms with Crippen molar-refractivity contribution in [2.24, 2.45) is 0 Å². The molecule has 0 spiro atoms. The number of phenolic OH excluding ortho intramolecular Hbond substituents is 1. The van der Waals surface area contributed by atoms with E-state index in [4.69, 9.17) is 18.6 Å². The Morgan fingerprint density at radius 2 is 1.96 bits per heavy atom. The molecule has 3 aromatic rings. The van der Waals surface area contributed by atoms with Gasteiger partial charge in [0.25, 0.3) is 0 Å². The third-order valence-electron chi connectivity index (χ3n) is 3.79. The van der Waals surface area contributed by atoms with Crippen LogP contribution in [0.25, 0.3) is 22.3 Å². The Balaban J connectivity index is 1.96. The van der Waals surface area contributed by atoms with Gasteiger partial charge in [-0.15, -0.1) is 0 Å². The van der Waals surface area contributed by atoms with E-state index in [1.54, 1.807) is 31.4 Å². The van der Waals surface area contributed by atoms with Crippen LogP contribution in [0, 0.1) is 0 Å². The predicted molar refractivity (Wildman–Crippen MR) is 81.4 cm³/mol. The maximum absolute atomic E-state index is 11.5. The van der Waals surface area contributed by atoms with Gasteiger partial charge in [0.2, 0.25) is 6.79 Å². The molecule has 6 heteroatoms. The molecule has 1 N–H and O–H groups in total. The Morgan fingerprint density at radius 3 is 2.70 bits per heavy atom. The molecule has 0 fully saturated rings. The minimum absolute atomic E-state index is 0.0524. The van der Waals surface area contributed by atoms with Gasteiger partial charge in [-0.25, -0.2) is 0 Å². The summed E-state index contributed by atoms with van der Waals surface area (Å²) in [5.41, 5.74) is 1.22. The molecule has 1 aliphatic rings. The summed E-state index contributed by atoms with van der Waals surface area (Å²) < 4.78 is 21.5. The topological polar surface area (TPSA) is 78.1 Å². The second-order valence-corrected chi connectivity index (χ2v) is 5.05. The molecule has 0 saturated carbocycles. The van der Waals surface area contributed by atoms with Gasteiger partial charge in [-0.3, -0.25) is 4.79 Å². The molecule has 0 bridgehead atoms. The zero-order valence-corrected chi connectivity index (χ0v) is 12.2. The SMILES string of the molecule is COc1ccc2c(C=O)c(-c3cc4c(cc3O)OCO4)oc2c1. The summed E-state index contributed by atoms with van der Waals surface area (Å²) in [4.78, 5) is 11.5. The average Bonchev–Trinajstić information content (AvgIpc) is 3.16. The van der Waals surface area contributed by atoms with E-state index in [1.165, 1.54) is 6.07 Å². The van der Waals surface area contributed by atoms with E-state index in [0.717, 1.165) is 0 Å². The van der Waals surface area contributed by atoms with E-state index in [9.17, 15) is 9.90 Å². The van der Waals surface area contributed by atoms with Crippen molar-refractivity contribution in [2.75, 3.05) is 13.9 Å². The summed E-state index contributed by atoms with van der Waals surface area (Å²) in [6, 6.07) is 8.22. The standard InChI is InChI=1S/C17H12O6/c1-20-9-2-3-10-12(7-18)17(23-14(10)4-9)11-5-15-16(6-13(11)19)22-8-21-15/h2-7,19H,8H2,1H3. The first-order valence-corrected chi connectivity index (χ1v) is 6.90. The van der Waals surface area contributed by atoms with Crippen molar-refractivity contribution in [3.8, 4) is 34.3 Å². The van der Waals surface area contributed by atoms with Crippen LogP contribution in [0.1, 0.15) is 10.4 Å². The van der Waals surface area contributed by atoms with Crippen LogP contribution in [0.3, 0.4) is 0 Å². The maximum atomic E-state index is 11.5. The highest BCUT2D eigenvalue weighted by atomic mass is 16.7. The van der Waals surface area contributed by atoms with Gasteiger partial charge >= 0.3 is 0 Å². The van der Waals surface area contributed by atoms with Gasteiger partial charge in [0, 0.05) is 17.5 Å². The number of hydrogen-bond acceptors (Lipinski definition) is 6. The van der Waals surface area contributed by atoms with Crippen molar-refractivity contribution in [3.05, 3.63) is 35.9 Å². The summed E-state index contributed by atoms with van der Waals surface area (Å²) in [7, 11) is 1.55. The van der Waals surface area contributed by atoms with Crippen LogP contribution in [0.2, 0.25) is 0 Å². The molecule has 0 saturated heterocycles. The largest absolute Gasteiger partial charge is 0.507 e. The first-order chi connectivity index (χ1) is 11.2. The molecule has 2 heterocycles. The van der Waals surface area contributed by atoms with Crippen LogP contribution in [0.5, 0.6) is 23.0 Å². The van der Waals surface area contributed by atoms with Gasteiger partial charge < -0.3 is 23.7 Å². The third kappa shape index (κ3) is 1.99. The van der Waals surface area contributed by atoms with Gasteiger partial charge in [-0.05, 0) is 18.2 Å². The molecule has 1 aromatic heterocycles. The third-order valence-corrected chi connectivity index (χ3v) is 3.79. The van der Waals surface area contributed by atoms with Gasteiger partial charge in [0.05, 0.1) is 18.2 Å². The van der Waals surface area contributed by atoms with Crippen LogP contribution >= 0.6 is 0 Å². The molecular formula is C17H12O6. The summed E-state index contributed by atoms with van der Waals surface area (Å²) in [6.07, 6.45) is 0.706. The highest BCUT2D eigenvalue weighted by Crippen LogP contribution is 2.44. The normalized spacial score (nSPS) is 12.6. The molecule has 0 aliphatic carbocycles. The molecule has 0 amide bonds. The van der Waals surface area contributed by atoms with E-state index in [1.807, 2.05) is 0 Å². The molecule has 1 aliphatic heterocycles. The summed E-state index contributed by atoms with van der Waals surface area (Å²) in [5, 5.41) is 10.9. The second kappa shape index (κ2) is 4.95. The Labute approximate surface area is 130 Å². The first kappa shape index (κ1) is 13.5. The number of phenols is 1. The van der Waals surface area contributed by atoms with Crippen LogP contribution in [0.4, 0.5) is 0 Å². The molecule has 0 unspecified atom stereocenters. The van der Waals surface area contributed by atoms with Crippen molar-refractivity contribution in [1.82, 2.24) is 0 Å². The molecular weight excluding hydrogens is 300 g/mol. The number of aromatic hydroxyl groups is 1. The zero-order valence-electron chi connectivity index (χ0n) is 12.2. The molecule has 23 heavy (non-hydrogen) atoms. The first-order valence-electron chi connectivity index (χ1n) is 6.90. The fourth-order valence-electron chi connectivity index (χ4n) is 2.65. The lowest BCUT2D eigenvalue weighted by molar-refractivity contribution is 0.112. The van der Waals surface area contributed by atoms with Gasteiger partial charge in [-0.1, -0.05) is 0 Å². The number of benzene rings is 2. The minimum atomic E-state index is -0.0524. The smallest absolute Gasteiger partial charge is 0.231 e. The average molecular weight is 312 g/mol. The lowest BCUT2D eigenvalue weighted by Crippen LogP contribution is -1.92. The Morgan fingerprint density at radius 1 is 1.17 bits per heavy atom. The summed E-state index contributed by atoms with van der Waals surface area (Å²) in [5.74, 6) is 1.79. The van der Waals surface area contributed by atoms with Gasteiger partial charge in [0.1, 0.15) is 22.8 Å². The molecule has 116 valence electrons. The number of hydrogen-bond donors (Lipinski definition) is 1. The predicted octanol–water partition coefficient (Wildman–Crippen LogP) is 3.36. The number of ether oxygens (including phenoxy) is 3. The van der Waals surface area contributed by atoms with Gasteiger partial charge in [-0.2, -0.15) is 0 Å². The number of aldehydes is 1. The number of fused-ring (bicyclic) bond motifs is 2. The Hall–Kier alpha value is -3.15. The van der Waals surface area contributed by atoms with E-state index in [0.29, 0.717) is 45.6 Å². The lowest BCUT2D eigenvalue weighted by atomic mass is 10.0. The number of carbonyl (C=O) groups excluding carboxylic acids is 1. The number of furan rings is 1. The molecule has 0 atom stereocenters. The zero-order chi connectivity index (χ0) is 16.0. The fourth-order valence-corrected chi connectivity index (χ4v) is 2.65. The maximum Gasteiger partial charge on any atom is 0.231 e. The fraction of sp³-hybridized carbons (Fsp3) is 0.118. The monoisotopic (exact) mass is 312 g/mol. The van der Waals surface area contributed by atoms with Crippen LogP contribution < -0.4 is 14.2 Å². The highest BCUT2D eigenvalue weighted by Gasteiger charge is 2.23. The molecule has 4 rings (SSSR count). The van der Waals surface area contributed by atoms with Crippen molar-refractivity contribution >= 4 is 17.3 Å². The van der Waals surface area contributed by atoms with E-state index in [2.05, 4.69) is 0 Å². The molecule has 0 radical (unpaired) electrons. The van der Waals surface area contributed by atoms with Crippen LogP contribution in [-0.2, 0) is 0 Å². The van der Waals surface area contributed by atoms with E-state index < -0.39 is 0 Å². The second-order valence-electron chi connectivity index (χ2n) is 5.05. The van der Waals surface area contributed by atoms with Gasteiger partial charge in [0.15, 0.2) is 17.8 Å². The molecule has 2 aromatic carbocycles. The lowest BCUT2D eigenvalue weighted by Gasteiger charge is -2.04. The van der Waals surface area contributed by atoms with Crippen molar-refractivity contribution < 1.29 is 28.5 Å². The van der Waals surface area contributed by atoms with Crippen molar-refractivity contribution in [2.45, 2.75) is 0 Å². The number of methoxy groups -OCH3 is 1. The summed E-state index contributed by atoms with van der Waals surface area (Å²) in [6.45, 7) is 0.0933.